The van der Waals surface area contributed by atoms with Crippen molar-refractivity contribution in [3.05, 3.63) is 71.7 Å². The van der Waals surface area contributed by atoms with Gasteiger partial charge in [0.15, 0.2) is 0 Å². The van der Waals surface area contributed by atoms with E-state index >= 15 is 0 Å². The van der Waals surface area contributed by atoms with E-state index < -0.39 is 6.10 Å². The third-order valence-electron chi connectivity index (χ3n) is 5.03. The molecule has 2 heterocycles. The van der Waals surface area contributed by atoms with Gasteiger partial charge in [-0.25, -0.2) is 4.39 Å². The van der Waals surface area contributed by atoms with Gasteiger partial charge in [0, 0.05) is 30.7 Å². The second-order valence-corrected chi connectivity index (χ2v) is 6.61. The second kappa shape index (κ2) is 6.38. The number of piperidine rings is 1. The Morgan fingerprint density at radius 2 is 1.96 bits per heavy atom. The molecule has 4 heteroatoms. The summed E-state index contributed by atoms with van der Waals surface area (Å²) in [5.74, 6) is -0.146. The van der Waals surface area contributed by atoms with Crippen LogP contribution in [0.25, 0.3) is 10.9 Å². The zero-order valence-electron chi connectivity index (χ0n) is 13.5. The van der Waals surface area contributed by atoms with Crippen LogP contribution in [-0.2, 0) is 6.54 Å². The minimum absolute atomic E-state index is 0.0862. The van der Waals surface area contributed by atoms with Gasteiger partial charge >= 0.3 is 0 Å². The molecule has 2 atom stereocenters. The van der Waals surface area contributed by atoms with Crippen LogP contribution < -0.4 is 0 Å². The summed E-state index contributed by atoms with van der Waals surface area (Å²) in [7, 11) is 0. The Kier molecular flexibility index (Phi) is 4.08. The van der Waals surface area contributed by atoms with Crippen LogP contribution in [0.4, 0.5) is 4.39 Å². The molecule has 0 aliphatic carbocycles. The molecule has 0 spiro atoms. The van der Waals surface area contributed by atoms with Crippen molar-refractivity contribution in [1.29, 1.82) is 0 Å². The molecule has 124 valence electrons. The van der Waals surface area contributed by atoms with Crippen molar-refractivity contribution in [2.45, 2.75) is 25.0 Å². The lowest BCUT2D eigenvalue weighted by molar-refractivity contribution is 0.0478. The maximum Gasteiger partial charge on any atom is 0.123 e. The number of benzene rings is 2. The van der Waals surface area contributed by atoms with Crippen molar-refractivity contribution in [3.63, 3.8) is 0 Å². The molecule has 0 amide bonds. The van der Waals surface area contributed by atoms with E-state index in [0.717, 1.165) is 25.1 Å². The largest absolute Gasteiger partial charge is 0.391 e. The molecule has 0 saturated carbocycles. The number of nitrogens with zero attached hydrogens (tertiary/aromatic N) is 1. The first-order chi connectivity index (χ1) is 11.7. The lowest BCUT2D eigenvalue weighted by Crippen LogP contribution is -2.42. The minimum atomic E-state index is -0.424. The van der Waals surface area contributed by atoms with E-state index in [1.165, 1.54) is 28.6 Å². The van der Waals surface area contributed by atoms with E-state index in [0.29, 0.717) is 6.54 Å². The highest BCUT2D eigenvalue weighted by Gasteiger charge is 2.29. The molecule has 3 nitrogen and oxygen atoms in total. The van der Waals surface area contributed by atoms with Crippen LogP contribution >= 0.6 is 0 Å². The number of likely N-dealkylation sites (tertiary alicyclic amines) is 1. The molecule has 4 rings (SSSR count). The topological polar surface area (TPSA) is 39.3 Å². The fourth-order valence-electron chi connectivity index (χ4n) is 3.76. The molecule has 1 aromatic heterocycles. The first-order valence-electron chi connectivity index (χ1n) is 8.41. The average Bonchev–Trinajstić information content (AvgIpc) is 3.06. The molecule has 24 heavy (non-hydrogen) atoms. The van der Waals surface area contributed by atoms with Gasteiger partial charge in [0.1, 0.15) is 5.82 Å². The number of aliphatic hydroxyl groups excluding tert-OH is 1. The normalized spacial score (nSPS) is 22.1. The molecule has 2 aromatic carbocycles. The fraction of sp³-hybridized carbons (Fsp3) is 0.300. The SMILES string of the molecule is O[C@@H]1CN(Cc2cccc3cc[nH]c23)CC[C@H]1c1ccc(F)cc1. The van der Waals surface area contributed by atoms with Gasteiger partial charge in [-0.3, -0.25) is 4.90 Å². The number of aromatic nitrogens is 1. The van der Waals surface area contributed by atoms with Gasteiger partial charge in [0.05, 0.1) is 6.10 Å². The second-order valence-electron chi connectivity index (χ2n) is 6.61. The Morgan fingerprint density at radius 3 is 2.75 bits per heavy atom. The Hall–Kier alpha value is -2.17. The number of halogens is 1. The quantitative estimate of drug-likeness (QED) is 0.772. The molecular formula is C20H21FN2O. The first kappa shape index (κ1) is 15.4. The van der Waals surface area contributed by atoms with E-state index in [9.17, 15) is 9.50 Å². The first-order valence-corrected chi connectivity index (χ1v) is 8.41. The number of fused-ring (bicyclic) bond motifs is 1. The number of rotatable bonds is 3. The molecule has 1 fully saturated rings. The van der Waals surface area contributed by atoms with Gasteiger partial charge in [0.25, 0.3) is 0 Å². The van der Waals surface area contributed by atoms with Crippen molar-refractivity contribution in [2.75, 3.05) is 13.1 Å². The summed E-state index contributed by atoms with van der Waals surface area (Å²) in [4.78, 5) is 5.60. The summed E-state index contributed by atoms with van der Waals surface area (Å²) in [6.45, 7) is 2.39. The number of hydrogen-bond acceptors (Lipinski definition) is 2. The lowest BCUT2D eigenvalue weighted by atomic mass is 9.87. The van der Waals surface area contributed by atoms with E-state index in [1.54, 1.807) is 12.1 Å². The molecule has 2 N–H and O–H groups in total. The number of hydrogen-bond donors (Lipinski definition) is 2. The summed E-state index contributed by atoms with van der Waals surface area (Å²) in [5.41, 5.74) is 3.45. The van der Waals surface area contributed by atoms with E-state index in [4.69, 9.17) is 0 Å². The van der Waals surface area contributed by atoms with Crippen molar-refractivity contribution in [1.82, 2.24) is 9.88 Å². The Labute approximate surface area is 140 Å². The third kappa shape index (κ3) is 2.95. The summed E-state index contributed by atoms with van der Waals surface area (Å²) >= 11 is 0. The number of aliphatic hydroxyl groups is 1. The van der Waals surface area contributed by atoms with Gasteiger partial charge in [-0.05, 0) is 47.7 Å². The lowest BCUT2D eigenvalue weighted by Gasteiger charge is -2.36. The maximum atomic E-state index is 13.1. The van der Waals surface area contributed by atoms with Gasteiger partial charge in [-0.2, -0.15) is 0 Å². The van der Waals surface area contributed by atoms with Crippen LogP contribution in [-0.4, -0.2) is 34.2 Å². The minimum Gasteiger partial charge on any atom is -0.391 e. The van der Waals surface area contributed by atoms with E-state index in [2.05, 4.69) is 34.1 Å². The average molecular weight is 324 g/mol. The standard InChI is InChI=1S/C20H21FN2O/c21-17-6-4-14(5-7-17)18-9-11-23(13-19(18)24)12-16-3-1-2-15-8-10-22-20(15)16/h1-8,10,18-19,22,24H,9,11-13H2/t18-,19+/m0/s1. The molecule has 0 bridgehead atoms. The fourth-order valence-corrected chi connectivity index (χ4v) is 3.76. The van der Waals surface area contributed by atoms with Crippen LogP contribution in [0.3, 0.4) is 0 Å². The number of H-pyrrole nitrogens is 1. The van der Waals surface area contributed by atoms with Gasteiger partial charge in [-0.15, -0.1) is 0 Å². The molecule has 3 aromatic rings. The predicted octanol–water partition coefficient (Wildman–Crippen LogP) is 3.66. The zero-order valence-corrected chi connectivity index (χ0v) is 13.5. The van der Waals surface area contributed by atoms with Crippen LogP contribution in [0.15, 0.2) is 54.7 Å². The van der Waals surface area contributed by atoms with E-state index in [-0.39, 0.29) is 11.7 Å². The molecular weight excluding hydrogens is 303 g/mol. The highest BCUT2D eigenvalue weighted by atomic mass is 19.1. The third-order valence-corrected chi connectivity index (χ3v) is 5.03. The van der Waals surface area contributed by atoms with Gasteiger partial charge < -0.3 is 10.1 Å². The monoisotopic (exact) mass is 324 g/mol. The summed E-state index contributed by atoms with van der Waals surface area (Å²) in [5, 5.41) is 11.8. The highest BCUT2D eigenvalue weighted by molar-refractivity contribution is 5.82. The number of aromatic amines is 1. The molecule has 1 aliphatic rings. The highest BCUT2D eigenvalue weighted by Crippen LogP contribution is 2.30. The van der Waals surface area contributed by atoms with E-state index in [1.807, 2.05) is 6.20 Å². The number of para-hydroxylation sites is 1. The summed E-state index contributed by atoms with van der Waals surface area (Å²) in [6.07, 6.45) is 2.42. The molecule has 1 saturated heterocycles. The van der Waals surface area contributed by atoms with Crippen LogP contribution in [0.1, 0.15) is 23.5 Å². The Bertz CT molecular complexity index is 827. The zero-order chi connectivity index (χ0) is 16.5. The Balaban J connectivity index is 1.47. The number of nitrogens with one attached hydrogen (secondary N) is 1. The van der Waals surface area contributed by atoms with Crippen LogP contribution in [0.2, 0.25) is 0 Å². The molecule has 0 radical (unpaired) electrons. The molecule has 0 unspecified atom stereocenters. The van der Waals surface area contributed by atoms with Crippen molar-refractivity contribution in [3.8, 4) is 0 Å². The van der Waals surface area contributed by atoms with Crippen LogP contribution in [0.5, 0.6) is 0 Å². The van der Waals surface area contributed by atoms with Crippen molar-refractivity contribution < 1.29 is 9.50 Å². The summed E-state index contributed by atoms with van der Waals surface area (Å²) < 4.78 is 13.1. The smallest absolute Gasteiger partial charge is 0.123 e. The van der Waals surface area contributed by atoms with Gasteiger partial charge in [0.2, 0.25) is 0 Å². The Morgan fingerprint density at radius 1 is 1.12 bits per heavy atom. The summed E-state index contributed by atoms with van der Waals surface area (Å²) in [6, 6.07) is 14.9. The van der Waals surface area contributed by atoms with Gasteiger partial charge in [-0.1, -0.05) is 30.3 Å². The maximum absolute atomic E-state index is 13.1. The molecule has 1 aliphatic heterocycles. The number of β-amino-alcohol motifs (C(OH)–C–C–N with tert-alkyl or cyclic N) is 1. The van der Waals surface area contributed by atoms with Crippen LogP contribution in [0, 0.1) is 5.82 Å². The van der Waals surface area contributed by atoms with Crippen molar-refractivity contribution >= 4 is 10.9 Å². The predicted molar refractivity (Wildman–Crippen MR) is 93.3 cm³/mol. The van der Waals surface area contributed by atoms with Crippen molar-refractivity contribution in [2.24, 2.45) is 0 Å².